The molecule has 8 heteroatoms. The number of aliphatic carboxylic acids is 1. The highest BCUT2D eigenvalue weighted by Gasteiger charge is 2.28. The van der Waals surface area contributed by atoms with E-state index in [1.807, 2.05) is 0 Å². The monoisotopic (exact) mass is 378 g/mol. The van der Waals surface area contributed by atoms with E-state index in [2.05, 4.69) is 10.5 Å². The van der Waals surface area contributed by atoms with Gasteiger partial charge in [-0.25, -0.2) is 4.79 Å². The quantitative estimate of drug-likeness (QED) is 0.775. The highest BCUT2D eigenvalue weighted by Crippen LogP contribution is 2.28. The molecule has 0 spiro atoms. The fraction of sp³-hybridized carbons (Fsp3) is 0.389. The summed E-state index contributed by atoms with van der Waals surface area (Å²) in [6.07, 6.45) is 4.45. The molecule has 0 fully saturated rings. The van der Waals surface area contributed by atoms with Crippen LogP contribution in [-0.4, -0.2) is 29.2 Å². The molecule has 1 aromatic heterocycles. The molecular weight excluding hydrogens is 360 g/mol. The van der Waals surface area contributed by atoms with Crippen molar-refractivity contribution >= 4 is 23.5 Å². The van der Waals surface area contributed by atoms with Crippen LogP contribution in [0.25, 0.3) is 0 Å². The molecule has 0 aliphatic heterocycles. The smallest absolute Gasteiger partial charge is 0.330 e. The lowest BCUT2D eigenvalue weighted by atomic mass is 10.0. The first-order valence-electron chi connectivity index (χ1n) is 8.35. The number of ether oxygens (including phenoxy) is 1. The molecular formula is C18H19ClN2O5. The molecule has 1 unspecified atom stereocenters. The third-order valence-electron chi connectivity index (χ3n) is 4.45. The Labute approximate surface area is 155 Å². The summed E-state index contributed by atoms with van der Waals surface area (Å²) in [5.41, 5.74) is 1.27. The number of rotatable bonds is 5. The Balaban J connectivity index is 1.85. The summed E-state index contributed by atoms with van der Waals surface area (Å²) < 4.78 is 10.4. The van der Waals surface area contributed by atoms with Crippen molar-refractivity contribution in [3.8, 4) is 5.75 Å². The van der Waals surface area contributed by atoms with Crippen molar-refractivity contribution in [2.75, 3.05) is 7.11 Å². The summed E-state index contributed by atoms with van der Waals surface area (Å²) in [6, 6.07) is 3.31. The van der Waals surface area contributed by atoms with E-state index in [9.17, 15) is 14.7 Å². The molecule has 1 aliphatic carbocycles. The molecule has 1 heterocycles. The van der Waals surface area contributed by atoms with Gasteiger partial charge >= 0.3 is 5.97 Å². The van der Waals surface area contributed by atoms with E-state index in [4.69, 9.17) is 20.9 Å². The lowest BCUT2D eigenvalue weighted by Crippen LogP contribution is -2.34. The van der Waals surface area contributed by atoms with Crippen LogP contribution in [0.4, 0.5) is 0 Å². The molecule has 138 valence electrons. The zero-order valence-electron chi connectivity index (χ0n) is 14.3. The van der Waals surface area contributed by atoms with Crippen molar-refractivity contribution in [1.29, 1.82) is 0 Å². The van der Waals surface area contributed by atoms with Crippen molar-refractivity contribution < 1.29 is 24.0 Å². The third-order valence-corrected chi connectivity index (χ3v) is 4.74. The van der Waals surface area contributed by atoms with Crippen molar-refractivity contribution in [3.05, 3.63) is 45.8 Å². The van der Waals surface area contributed by atoms with Crippen LogP contribution in [0.2, 0.25) is 5.02 Å². The Hall–Kier alpha value is -2.54. The lowest BCUT2D eigenvalue weighted by Gasteiger charge is -2.15. The summed E-state index contributed by atoms with van der Waals surface area (Å²) in [5, 5.41) is 16.2. The lowest BCUT2D eigenvalue weighted by molar-refractivity contribution is -0.139. The maximum Gasteiger partial charge on any atom is 0.330 e. The van der Waals surface area contributed by atoms with Gasteiger partial charge in [0.1, 0.15) is 11.5 Å². The van der Waals surface area contributed by atoms with Gasteiger partial charge < -0.3 is 19.7 Å². The Bertz CT molecular complexity index is 833. The average molecular weight is 379 g/mol. The second kappa shape index (κ2) is 7.78. The molecule has 1 amide bonds. The molecule has 0 saturated carbocycles. The van der Waals surface area contributed by atoms with Gasteiger partial charge in [0.25, 0.3) is 5.91 Å². The molecule has 0 bridgehead atoms. The number of carbonyl (C=O) groups excluding carboxylic acids is 1. The highest BCUT2D eigenvalue weighted by atomic mass is 35.5. The number of fused-ring (bicyclic) bond motifs is 1. The minimum atomic E-state index is -1.26. The van der Waals surface area contributed by atoms with Crippen LogP contribution in [-0.2, 0) is 17.6 Å². The summed E-state index contributed by atoms with van der Waals surface area (Å²) in [5.74, 6) is -0.634. The van der Waals surface area contributed by atoms with Crippen LogP contribution in [0.3, 0.4) is 0 Å². The number of hydrogen-bond acceptors (Lipinski definition) is 5. The number of benzene rings is 1. The van der Waals surface area contributed by atoms with Crippen molar-refractivity contribution in [2.45, 2.75) is 38.1 Å². The number of amides is 1. The summed E-state index contributed by atoms with van der Waals surface area (Å²) in [7, 11) is 1.47. The van der Waals surface area contributed by atoms with E-state index in [1.165, 1.54) is 13.2 Å². The molecule has 1 aromatic carbocycles. The van der Waals surface area contributed by atoms with Gasteiger partial charge in [-0.3, -0.25) is 4.79 Å². The SMILES string of the molecule is COc1ccc(C(NC(=O)c2noc3c2CCCCC3)C(=O)O)cc1Cl. The number of methoxy groups -OCH3 is 1. The van der Waals surface area contributed by atoms with Gasteiger partial charge in [-0.2, -0.15) is 0 Å². The fourth-order valence-electron chi connectivity index (χ4n) is 3.09. The van der Waals surface area contributed by atoms with Crippen LogP contribution >= 0.6 is 11.6 Å². The van der Waals surface area contributed by atoms with Gasteiger partial charge in [0.2, 0.25) is 0 Å². The maximum absolute atomic E-state index is 12.6. The molecule has 1 atom stereocenters. The van der Waals surface area contributed by atoms with Crippen molar-refractivity contribution in [3.63, 3.8) is 0 Å². The standard InChI is InChI=1S/C18H19ClN2O5/c1-25-14-8-7-10(9-12(14)19)15(18(23)24)20-17(22)16-11-5-3-2-4-6-13(11)26-21-16/h7-9,15H,2-6H2,1H3,(H,20,22)(H,23,24). The Morgan fingerprint density at radius 3 is 2.77 bits per heavy atom. The predicted octanol–water partition coefficient (Wildman–Crippen LogP) is 3.16. The first kappa shape index (κ1) is 18.3. The highest BCUT2D eigenvalue weighted by molar-refractivity contribution is 6.32. The molecule has 2 N–H and O–H groups in total. The fourth-order valence-corrected chi connectivity index (χ4v) is 3.36. The first-order valence-corrected chi connectivity index (χ1v) is 8.73. The molecule has 26 heavy (non-hydrogen) atoms. The normalized spacial score (nSPS) is 14.8. The van der Waals surface area contributed by atoms with Crippen LogP contribution in [0.5, 0.6) is 5.75 Å². The Morgan fingerprint density at radius 1 is 1.31 bits per heavy atom. The molecule has 7 nitrogen and oxygen atoms in total. The largest absolute Gasteiger partial charge is 0.495 e. The van der Waals surface area contributed by atoms with Gasteiger partial charge in [-0.05, 0) is 37.0 Å². The first-order chi connectivity index (χ1) is 12.5. The summed E-state index contributed by atoms with van der Waals surface area (Å²) in [6.45, 7) is 0. The Morgan fingerprint density at radius 2 is 2.08 bits per heavy atom. The zero-order chi connectivity index (χ0) is 18.7. The molecule has 2 aromatic rings. The van der Waals surface area contributed by atoms with Gasteiger partial charge in [0, 0.05) is 12.0 Å². The number of nitrogens with zero attached hydrogens (tertiary/aromatic N) is 1. The van der Waals surface area contributed by atoms with E-state index in [-0.39, 0.29) is 10.7 Å². The molecule has 1 aliphatic rings. The van der Waals surface area contributed by atoms with Crippen LogP contribution < -0.4 is 10.1 Å². The molecule has 0 radical (unpaired) electrons. The second-order valence-corrected chi connectivity index (χ2v) is 6.54. The summed E-state index contributed by atoms with van der Waals surface area (Å²) in [4.78, 5) is 24.3. The van der Waals surface area contributed by atoms with Gasteiger partial charge in [0.05, 0.1) is 12.1 Å². The summed E-state index contributed by atoms with van der Waals surface area (Å²) >= 11 is 6.07. The number of carboxylic acid groups (broad SMARTS) is 1. The minimum Gasteiger partial charge on any atom is -0.495 e. The Kier molecular flexibility index (Phi) is 5.46. The van der Waals surface area contributed by atoms with E-state index < -0.39 is 17.9 Å². The van der Waals surface area contributed by atoms with Crippen molar-refractivity contribution in [2.24, 2.45) is 0 Å². The molecule has 3 rings (SSSR count). The number of halogens is 1. The number of carbonyl (C=O) groups is 2. The van der Waals surface area contributed by atoms with Gasteiger partial charge in [0.15, 0.2) is 11.7 Å². The van der Waals surface area contributed by atoms with E-state index in [1.54, 1.807) is 12.1 Å². The number of nitrogens with one attached hydrogen (secondary N) is 1. The van der Waals surface area contributed by atoms with Crippen LogP contribution in [0.15, 0.2) is 22.7 Å². The molecule has 0 saturated heterocycles. The van der Waals surface area contributed by atoms with E-state index >= 15 is 0 Å². The number of aromatic nitrogens is 1. The van der Waals surface area contributed by atoms with Gasteiger partial charge in [-0.15, -0.1) is 0 Å². The van der Waals surface area contributed by atoms with Crippen LogP contribution in [0.1, 0.15) is 52.7 Å². The number of carboxylic acids is 1. The van der Waals surface area contributed by atoms with Crippen LogP contribution in [0, 0.1) is 0 Å². The zero-order valence-corrected chi connectivity index (χ0v) is 15.0. The predicted molar refractivity (Wildman–Crippen MR) is 93.6 cm³/mol. The maximum atomic E-state index is 12.6. The van der Waals surface area contributed by atoms with Crippen molar-refractivity contribution in [1.82, 2.24) is 10.5 Å². The number of aryl methyl sites for hydroxylation is 1. The average Bonchev–Trinajstić information content (AvgIpc) is 2.88. The minimum absolute atomic E-state index is 0.160. The topological polar surface area (TPSA) is 102 Å². The van der Waals surface area contributed by atoms with Gasteiger partial charge in [-0.1, -0.05) is 29.2 Å². The number of hydrogen-bond donors (Lipinski definition) is 2. The van der Waals surface area contributed by atoms with E-state index in [0.29, 0.717) is 23.5 Å². The third kappa shape index (κ3) is 3.67. The van der Waals surface area contributed by atoms with E-state index in [0.717, 1.165) is 31.2 Å². The second-order valence-electron chi connectivity index (χ2n) is 6.13.